The van der Waals surface area contributed by atoms with E-state index in [1.807, 2.05) is 13.8 Å². The molecule has 1 aromatic carbocycles. The molecule has 5 rings (SSSR count). The van der Waals surface area contributed by atoms with Crippen molar-refractivity contribution in [2.45, 2.75) is 56.5 Å². The maximum absolute atomic E-state index is 13.3. The number of alkyl carbamates (subject to hydrolysis) is 1. The number of aryl methyl sites for hydroxylation is 1. The monoisotopic (exact) mass is 481 g/mol. The SMILES string of the molecule is CCCCOC(=O)NC1CC(n2cnc3cnc4c(ccn4S(=O)(=O)c4ccc(C)cc4)c32)C1. The van der Waals surface area contributed by atoms with E-state index >= 15 is 0 Å². The summed E-state index contributed by atoms with van der Waals surface area (Å²) < 4.78 is 35.0. The molecule has 0 unspecified atom stereocenters. The Kier molecular flexibility index (Phi) is 5.76. The van der Waals surface area contributed by atoms with Gasteiger partial charge in [0.1, 0.15) is 5.52 Å². The average Bonchev–Trinajstić information content (AvgIpc) is 3.41. The Labute approximate surface area is 197 Å². The number of pyridine rings is 1. The normalized spacial score (nSPS) is 18.2. The van der Waals surface area contributed by atoms with Gasteiger partial charge >= 0.3 is 6.09 Å². The second-order valence-corrected chi connectivity index (χ2v) is 10.6. The van der Waals surface area contributed by atoms with E-state index in [0.29, 0.717) is 17.8 Å². The second-order valence-electron chi connectivity index (χ2n) is 8.77. The van der Waals surface area contributed by atoms with Crippen LogP contribution in [-0.4, -0.2) is 45.7 Å². The fraction of sp³-hybridized carbons (Fsp3) is 0.375. The third-order valence-corrected chi connectivity index (χ3v) is 8.03. The summed E-state index contributed by atoms with van der Waals surface area (Å²) in [5.74, 6) is 0. The predicted octanol–water partition coefficient (Wildman–Crippen LogP) is 4.16. The summed E-state index contributed by atoms with van der Waals surface area (Å²) in [6.07, 6.45) is 7.86. The van der Waals surface area contributed by atoms with Crippen molar-refractivity contribution >= 4 is 38.2 Å². The number of benzene rings is 1. The van der Waals surface area contributed by atoms with Gasteiger partial charge in [-0.05, 0) is 44.4 Å². The zero-order chi connectivity index (χ0) is 23.9. The predicted molar refractivity (Wildman–Crippen MR) is 128 cm³/mol. The van der Waals surface area contributed by atoms with Crippen LogP contribution in [-0.2, 0) is 14.8 Å². The largest absolute Gasteiger partial charge is 0.450 e. The van der Waals surface area contributed by atoms with Gasteiger partial charge in [-0.3, -0.25) is 0 Å². The smallest absolute Gasteiger partial charge is 0.407 e. The molecule has 34 heavy (non-hydrogen) atoms. The highest BCUT2D eigenvalue weighted by Gasteiger charge is 2.33. The Bertz CT molecular complexity index is 1450. The molecule has 0 saturated heterocycles. The van der Waals surface area contributed by atoms with Crippen LogP contribution in [0.5, 0.6) is 0 Å². The first-order chi connectivity index (χ1) is 16.4. The maximum atomic E-state index is 13.3. The minimum absolute atomic E-state index is 0.0421. The summed E-state index contributed by atoms with van der Waals surface area (Å²) in [4.78, 5) is 21.0. The number of nitrogens with one attached hydrogen (secondary N) is 1. The summed E-state index contributed by atoms with van der Waals surface area (Å²) in [7, 11) is -3.78. The highest BCUT2D eigenvalue weighted by molar-refractivity contribution is 7.90. The molecule has 9 nitrogen and oxygen atoms in total. The molecule has 0 bridgehead atoms. The number of nitrogens with zero attached hydrogens (tertiary/aromatic N) is 4. The van der Waals surface area contributed by atoms with Crippen molar-refractivity contribution < 1.29 is 17.9 Å². The van der Waals surface area contributed by atoms with Crippen LogP contribution in [0, 0.1) is 6.92 Å². The summed E-state index contributed by atoms with van der Waals surface area (Å²) in [6, 6.07) is 8.73. The van der Waals surface area contributed by atoms with Crippen LogP contribution in [0.3, 0.4) is 0 Å². The van der Waals surface area contributed by atoms with Crippen molar-refractivity contribution in [1.82, 2.24) is 23.8 Å². The molecule has 178 valence electrons. The topological polar surface area (TPSA) is 108 Å². The van der Waals surface area contributed by atoms with Crippen LogP contribution in [0.15, 0.2) is 53.9 Å². The van der Waals surface area contributed by atoms with E-state index < -0.39 is 10.0 Å². The zero-order valence-corrected chi connectivity index (χ0v) is 20.0. The van der Waals surface area contributed by atoms with Gasteiger partial charge in [0.25, 0.3) is 10.0 Å². The summed E-state index contributed by atoms with van der Waals surface area (Å²) in [5.41, 5.74) is 2.90. The average molecular weight is 482 g/mol. The van der Waals surface area contributed by atoms with Crippen molar-refractivity contribution in [2.75, 3.05) is 6.61 Å². The third-order valence-electron chi connectivity index (χ3n) is 6.35. The molecule has 0 atom stereocenters. The molecule has 1 saturated carbocycles. The van der Waals surface area contributed by atoms with Crippen LogP contribution >= 0.6 is 0 Å². The van der Waals surface area contributed by atoms with Crippen LogP contribution in [0.1, 0.15) is 44.2 Å². The maximum Gasteiger partial charge on any atom is 0.407 e. The van der Waals surface area contributed by atoms with Gasteiger partial charge < -0.3 is 14.6 Å². The Morgan fingerprint density at radius 3 is 2.68 bits per heavy atom. The number of amides is 1. The highest BCUT2D eigenvalue weighted by Crippen LogP contribution is 2.37. The lowest BCUT2D eigenvalue weighted by Gasteiger charge is -2.36. The van der Waals surface area contributed by atoms with Crippen LogP contribution in [0.4, 0.5) is 4.79 Å². The fourth-order valence-corrected chi connectivity index (χ4v) is 5.63. The molecule has 3 heterocycles. The van der Waals surface area contributed by atoms with Gasteiger partial charge in [-0.25, -0.2) is 27.2 Å². The van der Waals surface area contributed by atoms with Gasteiger partial charge in [-0.1, -0.05) is 31.0 Å². The minimum atomic E-state index is -3.78. The highest BCUT2D eigenvalue weighted by atomic mass is 32.2. The van der Waals surface area contributed by atoms with Gasteiger partial charge in [-0.2, -0.15) is 0 Å². The van der Waals surface area contributed by atoms with Crippen molar-refractivity contribution in [3.63, 3.8) is 0 Å². The number of imidazole rings is 1. The van der Waals surface area contributed by atoms with Crippen LogP contribution in [0.2, 0.25) is 0 Å². The molecule has 1 aliphatic carbocycles. The number of unbranched alkanes of at least 4 members (excludes halogenated alkanes) is 1. The van der Waals surface area contributed by atoms with Gasteiger partial charge in [0.2, 0.25) is 0 Å². The molecule has 0 radical (unpaired) electrons. The summed E-state index contributed by atoms with van der Waals surface area (Å²) in [5, 5.41) is 3.63. The van der Waals surface area contributed by atoms with Gasteiger partial charge in [0.05, 0.1) is 29.5 Å². The van der Waals surface area contributed by atoms with E-state index in [1.54, 1.807) is 49.1 Å². The zero-order valence-electron chi connectivity index (χ0n) is 19.1. The van der Waals surface area contributed by atoms with Gasteiger partial charge in [-0.15, -0.1) is 0 Å². The van der Waals surface area contributed by atoms with E-state index in [0.717, 1.165) is 42.1 Å². The lowest BCUT2D eigenvalue weighted by molar-refractivity contribution is 0.127. The van der Waals surface area contributed by atoms with Crippen LogP contribution < -0.4 is 5.32 Å². The summed E-state index contributed by atoms with van der Waals surface area (Å²) >= 11 is 0. The number of carbonyl (C=O) groups is 1. The lowest BCUT2D eigenvalue weighted by Crippen LogP contribution is -2.45. The number of carbonyl (C=O) groups excluding carboxylic acids is 1. The number of hydrogen-bond acceptors (Lipinski definition) is 6. The van der Waals surface area contributed by atoms with E-state index in [1.165, 1.54) is 3.97 Å². The Balaban J connectivity index is 1.40. The number of aromatic nitrogens is 4. The molecule has 0 aliphatic heterocycles. The quantitative estimate of drug-likeness (QED) is 0.397. The first-order valence-electron chi connectivity index (χ1n) is 11.5. The van der Waals surface area contributed by atoms with Crippen molar-refractivity contribution in [3.8, 4) is 0 Å². The standard InChI is InChI=1S/C24H27N5O4S/c1-3-4-11-33-24(30)27-17-12-18(13-17)28-15-26-21-14-25-23-20(22(21)28)9-10-29(23)34(31,32)19-7-5-16(2)6-8-19/h5-10,14-15,17-18H,3-4,11-13H2,1-2H3,(H,27,30). The van der Waals surface area contributed by atoms with Crippen molar-refractivity contribution in [3.05, 3.63) is 54.6 Å². The molecule has 1 fully saturated rings. The molecular weight excluding hydrogens is 454 g/mol. The third kappa shape index (κ3) is 3.91. The van der Waals surface area contributed by atoms with E-state index in [2.05, 4.69) is 19.9 Å². The number of ether oxygens (including phenoxy) is 1. The molecule has 4 aromatic rings. The molecule has 3 aromatic heterocycles. The molecule has 1 N–H and O–H groups in total. The lowest BCUT2D eigenvalue weighted by atomic mass is 9.86. The Morgan fingerprint density at radius 2 is 1.94 bits per heavy atom. The van der Waals surface area contributed by atoms with E-state index in [-0.39, 0.29) is 23.1 Å². The first kappa shape index (κ1) is 22.4. The molecule has 1 amide bonds. The number of hydrogen-bond donors (Lipinski definition) is 1. The van der Waals surface area contributed by atoms with E-state index in [4.69, 9.17) is 4.74 Å². The van der Waals surface area contributed by atoms with Crippen molar-refractivity contribution in [2.24, 2.45) is 0 Å². The van der Waals surface area contributed by atoms with Crippen molar-refractivity contribution in [1.29, 1.82) is 0 Å². The minimum Gasteiger partial charge on any atom is -0.450 e. The number of rotatable bonds is 7. The van der Waals surface area contributed by atoms with Crippen LogP contribution in [0.25, 0.3) is 22.1 Å². The molecule has 1 aliphatic rings. The Hall–Kier alpha value is -3.40. The number of fused-ring (bicyclic) bond motifs is 3. The fourth-order valence-electron chi connectivity index (χ4n) is 4.33. The van der Waals surface area contributed by atoms with E-state index in [9.17, 15) is 13.2 Å². The second kappa shape index (κ2) is 8.75. The molecule has 0 spiro atoms. The van der Waals surface area contributed by atoms with Gasteiger partial charge in [0, 0.05) is 23.7 Å². The Morgan fingerprint density at radius 1 is 1.18 bits per heavy atom. The molecular formula is C24H27N5O4S. The van der Waals surface area contributed by atoms with Gasteiger partial charge in [0.15, 0.2) is 5.65 Å². The molecule has 10 heteroatoms. The first-order valence-corrected chi connectivity index (χ1v) is 12.9. The summed E-state index contributed by atoms with van der Waals surface area (Å²) in [6.45, 7) is 4.39.